The van der Waals surface area contributed by atoms with E-state index in [-0.39, 0.29) is 23.9 Å². The molecule has 1 saturated carbocycles. The first kappa shape index (κ1) is 22.3. The number of amides is 3. The fourth-order valence-corrected chi connectivity index (χ4v) is 6.51. The Labute approximate surface area is 199 Å². The van der Waals surface area contributed by atoms with Gasteiger partial charge in [-0.15, -0.1) is 11.3 Å². The lowest BCUT2D eigenvalue weighted by atomic mass is 9.73. The Bertz CT molecular complexity index is 983. The van der Waals surface area contributed by atoms with Gasteiger partial charge >= 0.3 is 6.03 Å². The van der Waals surface area contributed by atoms with Crippen LogP contribution in [0, 0.1) is 5.92 Å². The molecule has 3 fully saturated rings. The number of thiazole rings is 1. The highest BCUT2D eigenvalue weighted by Gasteiger charge is 2.57. The average molecular weight is 469 g/mol. The van der Waals surface area contributed by atoms with E-state index in [9.17, 15) is 9.59 Å². The lowest BCUT2D eigenvalue weighted by Gasteiger charge is -2.41. The quantitative estimate of drug-likeness (QED) is 0.625. The van der Waals surface area contributed by atoms with Crippen LogP contribution in [-0.2, 0) is 17.8 Å². The minimum atomic E-state index is -0.890. The molecule has 1 N–H and O–H groups in total. The molecule has 0 unspecified atom stereocenters. The van der Waals surface area contributed by atoms with Gasteiger partial charge in [-0.2, -0.15) is 0 Å². The minimum absolute atomic E-state index is 0.0272. The van der Waals surface area contributed by atoms with Gasteiger partial charge in [-0.3, -0.25) is 14.6 Å². The molecule has 1 aliphatic carbocycles. The molecule has 2 aromatic rings. The Morgan fingerprint density at radius 2 is 1.97 bits per heavy atom. The minimum Gasteiger partial charge on any atom is -0.497 e. The lowest BCUT2D eigenvalue weighted by Crippen LogP contribution is -2.57. The van der Waals surface area contributed by atoms with Gasteiger partial charge in [-0.25, -0.2) is 9.78 Å². The number of ether oxygens (including phenoxy) is 1. The van der Waals surface area contributed by atoms with E-state index in [4.69, 9.17) is 4.74 Å². The van der Waals surface area contributed by atoms with Gasteiger partial charge in [-0.1, -0.05) is 25.0 Å². The van der Waals surface area contributed by atoms with Crippen LogP contribution in [0.5, 0.6) is 5.75 Å². The smallest absolute Gasteiger partial charge is 0.325 e. The highest BCUT2D eigenvalue weighted by atomic mass is 32.1. The number of hydrogen-bond acceptors (Lipinski definition) is 6. The zero-order chi connectivity index (χ0) is 22.8. The first-order chi connectivity index (χ1) is 16.1. The maximum atomic E-state index is 14.0. The lowest BCUT2D eigenvalue weighted by molar-refractivity contribution is -0.135. The van der Waals surface area contributed by atoms with Crippen molar-refractivity contribution in [3.8, 4) is 5.75 Å². The number of urea groups is 1. The first-order valence-electron chi connectivity index (χ1n) is 12.0. The number of rotatable bonds is 7. The van der Waals surface area contributed by atoms with Crippen molar-refractivity contribution in [2.24, 2.45) is 5.92 Å². The molecule has 1 aromatic heterocycles. The highest BCUT2D eigenvalue weighted by Crippen LogP contribution is 2.39. The number of piperidine rings is 1. The Morgan fingerprint density at radius 1 is 1.18 bits per heavy atom. The number of carbonyl (C=O) groups excluding carboxylic acids is 2. The number of aromatic nitrogens is 1. The van der Waals surface area contributed by atoms with Crippen molar-refractivity contribution in [2.45, 2.75) is 63.1 Å². The summed E-state index contributed by atoms with van der Waals surface area (Å²) in [5.41, 5.74) is 0.126. The molecule has 2 aliphatic heterocycles. The molecule has 8 heteroatoms. The number of carbonyl (C=O) groups is 2. The Balaban J connectivity index is 1.39. The first-order valence-corrected chi connectivity index (χ1v) is 12.9. The van der Waals surface area contributed by atoms with Gasteiger partial charge < -0.3 is 10.1 Å². The molecule has 0 spiro atoms. The molecule has 2 saturated heterocycles. The van der Waals surface area contributed by atoms with Crippen LogP contribution in [0.4, 0.5) is 4.79 Å². The van der Waals surface area contributed by atoms with E-state index in [1.165, 1.54) is 0 Å². The summed E-state index contributed by atoms with van der Waals surface area (Å²) in [4.78, 5) is 35.6. The van der Waals surface area contributed by atoms with E-state index in [0.717, 1.165) is 74.5 Å². The topological polar surface area (TPSA) is 74.8 Å². The van der Waals surface area contributed by atoms with Gasteiger partial charge in [0.15, 0.2) is 0 Å². The van der Waals surface area contributed by atoms with E-state index in [1.807, 2.05) is 35.8 Å². The Morgan fingerprint density at radius 3 is 2.67 bits per heavy atom. The predicted octanol–water partition coefficient (Wildman–Crippen LogP) is 3.84. The van der Waals surface area contributed by atoms with Crippen LogP contribution in [0.25, 0.3) is 0 Å². The molecule has 33 heavy (non-hydrogen) atoms. The second kappa shape index (κ2) is 9.43. The van der Waals surface area contributed by atoms with Crippen molar-refractivity contribution < 1.29 is 14.3 Å². The molecule has 0 radical (unpaired) electrons. The largest absolute Gasteiger partial charge is 0.497 e. The van der Waals surface area contributed by atoms with Crippen molar-refractivity contribution >= 4 is 23.3 Å². The summed E-state index contributed by atoms with van der Waals surface area (Å²) in [6, 6.07) is 7.70. The van der Waals surface area contributed by atoms with Gasteiger partial charge in [0.2, 0.25) is 0 Å². The van der Waals surface area contributed by atoms with E-state index >= 15 is 0 Å². The fraction of sp³-hybridized carbons (Fsp3) is 0.560. The van der Waals surface area contributed by atoms with Gasteiger partial charge in [0.25, 0.3) is 5.91 Å². The molecule has 3 aliphatic rings. The molecule has 0 bridgehead atoms. The summed E-state index contributed by atoms with van der Waals surface area (Å²) >= 11 is 1.68. The molecule has 176 valence electrons. The number of likely N-dealkylation sites (tertiary alicyclic amines) is 1. The highest BCUT2D eigenvalue weighted by molar-refractivity contribution is 7.09. The predicted molar refractivity (Wildman–Crippen MR) is 127 cm³/mol. The third kappa shape index (κ3) is 4.38. The summed E-state index contributed by atoms with van der Waals surface area (Å²) in [5, 5.41) is 6.36. The van der Waals surface area contributed by atoms with Crippen molar-refractivity contribution in [1.29, 1.82) is 0 Å². The van der Waals surface area contributed by atoms with Crippen LogP contribution in [0.1, 0.15) is 49.1 Å². The number of imide groups is 1. The molecule has 1 atom stereocenters. The van der Waals surface area contributed by atoms with Crippen LogP contribution < -0.4 is 10.1 Å². The van der Waals surface area contributed by atoms with Crippen LogP contribution in [0.15, 0.2) is 35.8 Å². The van der Waals surface area contributed by atoms with E-state index in [2.05, 4.69) is 15.2 Å². The van der Waals surface area contributed by atoms with Gasteiger partial charge in [0, 0.05) is 24.0 Å². The standard InChI is InChI=1S/C25H32N4O3S/c1-32-21-8-4-5-18(15-21)16-25(23(30)29(24(31)27-25)20-6-2-3-7-20)19-9-12-28(13-10-19)17-22-26-11-14-33-22/h4-5,8,11,14-15,19-20H,2-3,6-7,9-10,12-13,16-17H2,1H3,(H,27,31)/t25-/m1/s1. The van der Waals surface area contributed by atoms with Crippen LogP contribution in [0.2, 0.25) is 0 Å². The third-order valence-corrected chi connectivity index (χ3v) is 8.35. The number of nitrogens with one attached hydrogen (secondary N) is 1. The molecular weight excluding hydrogens is 436 g/mol. The van der Waals surface area contributed by atoms with Gasteiger partial charge in [0.05, 0.1) is 13.7 Å². The fourth-order valence-electron chi connectivity index (χ4n) is 5.86. The zero-order valence-electron chi connectivity index (χ0n) is 19.2. The molecule has 3 amide bonds. The summed E-state index contributed by atoms with van der Waals surface area (Å²) in [7, 11) is 1.65. The van der Waals surface area contributed by atoms with Crippen molar-refractivity contribution in [3.63, 3.8) is 0 Å². The summed E-state index contributed by atoms with van der Waals surface area (Å²) in [6.07, 6.45) is 8.09. The number of methoxy groups -OCH3 is 1. The van der Waals surface area contributed by atoms with Crippen LogP contribution in [0.3, 0.4) is 0 Å². The normalized spacial score (nSPS) is 25.1. The second-order valence-electron chi connectivity index (χ2n) is 9.52. The van der Waals surface area contributed by atoms with Crippen molar-refractivity contribution in [3.05, 3.63) is 46.4 Å². The van der Waals surface area contributed by atoms with E-state index < -0.39 is 5.54 Å². The maximum Gasteiger partial charge on any atom is 0.325 e. The van der Waals surface area contributed by atoms with Gasteiger partial charge in [-0.05, 0) is 62.4 Å². The second-order valence-corrected chi connectivity index (χ2v) is 10.5. The number of nitrogens with zero attached hydrogens (tertiary/aromatic N) is 3. The molecular formula is C25H32N4O3S. The van der Waals surface area contributed by atoms with E-state index in [0.29, 0.717) is 6.42 Å². The van der Waals surface area contributed by atoms with E-state index in [1.54, 1.807) is 23.3 Å². The SMILES string of the molecule is COc1cccc(C[C@]2(C3CCN(Cc4nccs4)CC3)NC(=O)N(C3CCCC3)C2=O)c1. The molecule has 3 heterocycles. The zero-order valence-corrected chi connectivity index (χ0v) is 20.0. The van der Waals surface area contributed by atoms with Crippen LogP contribution >= 0.6 is 11.3 Å². The van der Waals surface area contributed by atoms with Crippen molar-refractivity contribution in [1.82, 2.24) is 20.1 Å². The molecule has 1 aromatic carbocycles. The summed E-state index contributed by atoms with van der Waals surface area (Å²) < 4.78 is 5.42. The average Bonchev–Trinajstić information content (AvgIpc) is 3.58. The monoisotopic (exact) mass is 468 g/mol. The maximum absolute atomic E-state index is 14.0. The summed E-state index contributed by atoms with van der Waals surface area (Å²) in [5.74, 6) is 0.838. The molecule has 5 rings (SSSR count). The third-order valence-electron chi connectivity index (χ3n) is 7.58. The van der Waals surface area contributed by atoms with Crippen LogP contribution in [-0.4, -0.2) is 58.5 Å². The number of hydrogen-bond donors (Lipinski definition) is 1. The molecule has 7 nitrogen and oxygen atoms in total. The Hall–Kier alpha value is -2.45. The van der Waals surface area contributed by atoms with Crippen molar-refractivity contribution in [2.75, 3.05) is 20.2 Å². The summed E-state index contributed by atoms with van der Waals surface area (Å²) in [6.45, 7) is 2.65. The Kier molecular flexibility index (Phi) is 6.38. The number of benzene rings is 1. The van der Waals surface area contributed by atoms with Gasteiger partial charge in [0.1, 0.15) is 16.3 Å².